The van der Waals surface area contributed by atoms with Gasteiger partial charge in [0, 0.05) is 24.7 Å². The molecule has 2 aromatic rings. The second-order valence-corrected chi connectivity index (χ2v) is 6.33. The molecule has 0 spiro atoms. The van der Waals surface area contributed by atoms with Gasteiger partial charge in [-0.15, -0.1) is 0 Å². The van der Waals surface area contributed by atoms with E-state index in [0.29, 0.717) is 0 Å². The summed E-state index contributed by atoms with van der Waals surface area (Å²) < 4.78 is 20.5. The summed E-state index contributed by atoms with van der Waals surface area (Å²) in [4.78, 5) is 19.7. The molecule has 0 amide bonds. The van der Waals surface area contributed by atoms with E-state index in [4.69, 9.17) is 4.74 Å². The zero-order valence-electron chi connectivity index (χ0n) is 14.4. The van der Waals surface area contributed by atoms with Crippen molar-refractivity contribution in [1.82, 2.24) is 9.97 Å². The first kappa shape index (κ1) is 17.9. The van der Waals surface area contributed by atoms with Crippen LogP contribution in [0.4, 0.5) is 4.39 Å². The molecule has 3 atom stereocenters. The van der Waals surface area contributed by atoms with Crippen LogP contribution in [0.1, 0.15) is 36.4 Å². The summed E-state index contributed by atoms with van der Waals surface area (Å²) in [6.45, 7) is 0. The fraction of sp³-hybridized carbons (Fsp3) is 0.350. The molecule has 0 radical (unpaired) electrons. The van der Waals surface area contributed by atoms with E-state index >= 15 is 4.39 Å². The maximum absolute atomic E-state index is 15.4. The van der Waals surface area contributed by atoms with Gasteiger partial charge in [0.05, 0.1) is 13.0 Å². The van der Waals surface area contributed by atoms with Crippen molar-refractivity contribution in [1.29, 1.82) is 0 Å². The molecule has 3 rings (SSSR count). The van der Waals surface area contributed by atoms with Crippen LogP contribution in [0.5, 0.6) is 5.88 Å². The van der Waals surface area contributed by atoms with Crippen molar-refractivity contribution in [2.24, 2.45) is 5.92 Å². The lowest BCUT2D eigenvalue weighted by Crippen LogP contribution is -2.37. The Morgan fingerprint density at radius 3 is 2.73 bits per heavy atom. The van der Waals surface area contributed by atoms with E-state index < -0.39 is 23.5 Å². The van der Waals surface area contributed by atoms with Crippen LogP contribution >= 0.6 is 0 Å². The Hall–Kier alpha value is -2.94. The van der Waals surface area contributed by atoms with Crippen LogP contribution in [-0.4, -0.2) is 33.8 Å². The van der Waals surface area contributed by atoms with Gasteiger partial charge in [0.2, 0.25) is 5.88 Å². The van der Waals surface area contributed by atoms with E-state index in [0.717, 1.165) is 5.56 Å². The molecule has 134 valence electrons. The van der Waals surface area contributed by atoms with E-state index in [-0.39, 0.29) is 30.8 Å². The molecule has 6 heteroatoms. The Kier molecular flexibility index (Phi) is 5.17. The number of aromatic nitrogens is 2. The molecular formula is C20H19FN2O3. The zero-order valence-corrected chi connectivity index (χ0v) is 14.4. The number of carboxylic acid groups (broad SMARTS) is 1. The number of hydrogen-bond donors (Lipinski definition) is 1. The topological polar surface area (TPSA) is 72.3 Å². The maximum Gasteiger partial charge on any atom is 0.307 e. The van der Waals surface area contributed by atoms with E-state index in [1.807, 2.05) is 30.3 Å². The third kappa shape index (κ3) is 3.83. The fourth-order valence-electron chi connectivity index (χ4n) is 3.37. The largest absolute Gasteiger partial charge is 0.481 e. The van der Waals surface area contributed by atoms with E-state index in [9.17, 15) is 9.90 Å². The number of ether oxygens (including phenoxy) is 1. The third-order valence-corrected chi connectivity index (χ3v) is 4.69. The summed E-state index contributed by atoms with van der Waals surface area (Å²) in [5, 5.41) is 9.52. The van der Waals surface area contributed by atoms with E-state index in [1.165, 1.54) is 19.5 Å². The molecule has 1 aromatic carbocycles. The van der Waals surface area contributed by atoms with Gasteiger partial charge < -0.3 is 9.84 Å². The minimum atomic E-state index is -1.78. The average molecular weight is 354 g/mol. The van der Waals surface area contributed by atoms with Gasteiger partial charge in [0.25, 0.3) is 0 Å². The van der Waals surface area contributed by atoms with Gasteiger partial charge in [-0.1, -0.05) is 36.3 Å². The van der Waals surface area contributed by atoms with Crippen LogP contribution in [0, 0.1) is 17.8 Å². The molecule has 0 saturated heterocycles. The van der Waals surface area contributed by atoms with Crippen molar-refractivity contribution in [2.45, 2.75) is 30.8 Å². The van der Waals surface area contributed by atoms with E-state index in [2.05, 4.69) is 21.8 Å². The van der Waals surface area contributed by atoms with Gasteiger partial charge >= 0.3 is 5.97 Å². The summed E-state index contributed by atoms with van der Waals surface area (Å²) in [7, 11) is 1.45. The third-order valence-electron chi connectivity index (χ3n) is 4.69. The summed E-state index contributed by atoms with van der Waals surface area (Å²) in [5.41, 5.74) is -0.696. The van der Waals surface area contributed by atoms with E-state index in [1.54, 1.807) is 0 Å². The van der Waals surface area contributed by atoms with Gasteiger partial charge in [0.1, 0.15) is 0 Å². The normalized spacial score (nSPS) is 25.0. The molecule has 1 heterocycles. The summed E-state index contributed by atoms with van der Waals surface area (Å²) in [5.74, 6) is 3.67. The van der Waals surface area contributed by atoms with Crippen LogP contribution in [0.3, 0.4) is 0 Å². The maximum atomic E-state index is 15.4. The minimum Gasteiger partial charge on any atom is -0.481 e. The molecule has 1 unspecified atom stereocenters. The number of methoxy groups -OCH3 is 1. The first-order valence-electron chi connectivity index (χ1n) is 8.37. The quantitative estimate of drug-likeness (QED) is 0.857. The minimum absolute atomic E-state index is 0.0313. The highest BCUT2D eigenvalue weighted by atomic mass is 19.1. The highest BCUT2D eigenvalue weighted by Gasteiger charge is 2.43. The molecule has 1 N–H and O–H groups in total. The Morgan fingerprint density at radius 2 is 2.04 bits per heavy atom. The summed E-state index contributed by atoms with van der Waals surface area (Å²) >= 11 is 0. The van der Waals surface area contributed by atoms with Crippen LogP contribution in [0.25, 0.3) is 0 Å². The number of alkyl halides is 1. The number of benzene rings is 1. The first-order valence-corrected chi connectivity index (χ1v) is 8.37. The van der Waals surface area contributed by atoms with Gasteiger partial charge in [-0.2, -0.15) is 0 Å². The monoisotopic (exact) mass is 354 g/mol. The molecular weight excluding hydrogens is 335 g/mol. The average Bonchev–Trinajstić information content (AvgIpc) is 2.67. The molecule has 1 aliphatic rings. The summed E-state index contributed by atoms with van der Waals surface area (Å²) in [6, 6.07) is 9.19. The molecule has 1 aliphatic carbocycles. The second-order valence-electron chi connectivity index (χ2n) is 6.33. The van der Waals surface area contributed by atoms with Crippen molar-refractivity contribution in [3.05, 3.63) is 54.0 Å². The van der Waals surface area contributed by atoms with Gasteiger partial charge in [-0.3, -0.25) is 4.79 Å². The number of carbonyl (C=O) groups is 1. The number of hydrogen-bond acceptors (Lipinski definition) is 4. The SMILES string of the molecule is COc1nccnc1C#CC1(F)CC[C@@H](C(=O)O)[C@H](c2ccccc2)C1. The van der Waals surface area contributed by atoms with Gasteiger partial charge in [-0.05, 0) is 24.3 Å². The lowest BCUT2D eigenvalue weighted by molar-refractivity contribution is -0.144. The Balaban J connectivity index is 1.89. The van der Waals surface area contributed by atoms with Crippen LogP contribution in [0.2, 0.25) is 0 Å². The van der Waals surface area contributed by atoms with Crippen molar-refractivity contribution in [3.8, 4) is 17.7 Å². The lowest BCUT2D eigenvalue weighted by Gasteiger charge is -2.35. The molecule has 26 heavy (non-hydrogen) atoms. The highest BCUT2D eigenvalue weighted by molar-refractivity contribution is 5.71. The molecule has 1 saturated carbocycles. The van der Waals surface area contributed by atoms with Crippen molar-refractivity contribution in [3.63, 3.8) is 0 Å². The van der Waals surface area contributed by atoms with Crippen molar-refractivity contribution < 1.29 is 19.0 Å². The van der Waals surface area contributed by atoms with Crippen molar-refractivity contribution in [2.75, 3.05) is 7.11 Å². The summed E-state index contributed by atoms with van der Waals surface area (Å²) in [6.07, 6.45) is 3.27. The smallest absolute Gasteiger partial charge is 0.307 e. The van der Waals surface area contributed by atoms with Crippen LogP contribution in [-0.2, 0) is 4.79 Å². The molecule has 0 bridgehead atoms. The first-order chi connectivity index (χ1) is 12.5. The Labute approximate surface area is 151 Å². The van der Waals surface area contributed by atoms with Gasteiger partial charge in [0.15, 0.2) is 11.4 Å². The van der Waals surface area contributed by atoms with Gasteiger partial charge in [-0.25, -0.2) is 14.4 Å². The molecule has 5 nitrogen and oxygen atoms in total. The second kappa shape index (κ2) is 7.52. The van der Waals surface area contributed by atoms with Crippen LogP contribution in [0.15, 0.2) is 42.7 Å². The number of halogens is 1. The molecule has 1 fully saturated rings. The Morgan fingerprint density at radius 1 is 1.31 bits per heavy atom. The predicted molar refractivity (Wildman–Crippen MR) is 93.5 cm³/mol. The number of carboxylic acids is 1. The predicted octanol–water partition coefficient (Wildman–Crippen LogP) is 3.21. The number of aliphatic carboxylic acids is 1. The Bertz CT molecular complexity index is 847. The number of rotatable bonds is 3. The fourth-order valence-corrected chi connectivity index (χ4v) is 3.37. The van der Waals surface area contributed by atoms with Crippen molar-refractivity contribution >= 4 is 5.97 Å². The molecule has 0 aliphatic heterocycles. The molecule has 1 aromatic heterocycles. The lowest BCUT2D eigenvalue weighted by atomic mass is 9.70. The standard InChI is InChI=1S/C20H19FN2O3/c1-26-18-17(22-11-12-23-18)8-10-20(21)9-7-15(19(24)25)16(13-20)14-5-3-2-4-6-14/h2-6,11-12,15-16H,7,9,13H2,1H3,(H,24,25)/t15-,16+,20?/m1/s1. The zero-order chi connectivity index (χ0) is 18.6. The highest BCUT2D eigenvalue weighted by Crippen LogP contribution is 2.44. The number of nitrogens with zero attached hydrogens (tertiary/aromatic N) is 2. The van der Waals surface area contributed by atoms with Crippen LogP contribution < -0.4 is 4.74 Å².